The number of carbonyl (C=O) groups excluding carboxylic acids is 1. The zero-order valence-corrected chi connectivity index (χ0v) is 22.7. The Morgan fingerprint density at radius 1 is 1.08 bits per heavy atom. The molecule has 1 aromatic carbocycles. The summed E-state index contributed by atoms with van der Waals surface area (Å²) in [7, 11) is 0. The van der Waals surface area contributed by atoms with Gasteiger partial charge in [-0.1, -0.05) is 11.6 Å². The summed E-state index contributed by atoms with van der Waals surface area (Å²) in [4.78, 5) is 18.9. The van der Waals surface area contributed by atoms with Gasteiger partial charge in [0, 0.05) is 34.6 Å². The topological polar surface area (TPSA) is 86.0 Å². The molecule has 0 unspecified atom stereocenters. The van der Waals surface area contributed by atoms with Gasteiger partial charge in [0.15, 0.2) is 5.82 Å². The number of rotatable bonds is 2. The van der Waals surface area contributed by atoms with Gasteiger partial charge >= 0.3 is 6.09 Å². The Hall–Kier alpha value is -3.04. The zero-order valence-electron chi connectivity index (χ0n) is 21.1. The molecule has 0 atom stereocenters. The van der Waals surface area contributed by atoms with E-state index in [-0.39, 0.29) is 12.0 Å². The summed E-state index contributed by atoms with van der Waals surface area (Å²) < 4.78 is 13.8. The lowest BCUT2D eigenvalue weighted by molar-refractivity contribution is 0.0214. The molecule has 1 aliphatic carbocycles. The molecular formula is C27H29ClN6O2S. The molecule has 1 amide bonds. The number of benzene rings is 1. The third-order valence-corrected chi connectivity index (χ3v) is 8.21. The van der Waals surface area contributed by atoms with Crippen LogP contribution in [0.3, 0.4) is 0 Å². The van der Waals surface area contributed by atoms with Gasteiger partial charge < -0.3 is 4.74 Å². The van der Waals surface area contributed by atoms with Crippen molar-refractivity contribution in [1.29, 1.82) is 0 Å². The summed E-state index contributed by atoms with van der Waals surface area (Å²) in [6, 6.07) is 7.90. The Morgan fingerprint density at radius 3 is 2.65 bits per heavy atom. The maximum Gasteiger partial charge on any atom is 0.411 e. The molecule has 2 aliphatic rings. The molecule has 8 nitrogen and oxygen atoms in total. The number of fused-ring (bicyclic) bond motifs is 4. The van der Waals surface area contributed by atoms with Crippen molar-refractivity contribution in [2.45, 2.75) is 77.0 Å². The molecule has 0 spiro atoms. The minimum atomic E-state index is -0.586. The van der Waals surface area contributed by atoms with Crippen molar-refractivity contribution >= 4 is 39.3 Å². The molecule has 192 valence electrons. The quantitative estimate of drug-likeness (QED) is 0.286. The van der Waals surface area contributed by atoms with E-state index < -0.39 is 5.60 Å². The molecule has 6 rings (SSSR count). The second kappa shape index (κ2) is 9.36. The van der Waals surface area contributed by atoms with E-state index in [4.69, 9.17) is 20.7 Å². The highest BCUT2D eigenvalue weighted by atomic mass is 35.5. The summed E-state index contributed by atoms with van der Waals surface area (Å²) in [5.41, 5.74) is 2.55. The van der Waals surface area contributed by atoms with Crippen molar-refractivity contribution in [2.24, 2.45) is 0 Å². The summed E-state index contributed by atoms with van der Waals surface area (Å²) in [6.45, 7) is 6.33. The average Bonchev–Trinajstić information content (AvgIpc) is 3.43. The number of hydrogen-bond acceptors (Lipinski definition) is 7. The molecule has 0 saturated heterocycles. The fraction of sp³-hybridized carbons (Fsp3) is 0.444. The lowest BCUT2D eigenvalue weighted by Gasteiger charge is -2.27. The first-order valence-electron chi connectivity index (χ1n) is 12.7. The maximum atomic E-state index is 13.0. The maximum absolute atomic E-state index is 13.0. The van der Waals surface area contributed by atoms with E-state index in [1.165, 1.54) is 22.6 Å². The van der Waals surface area contributed by atoms with Crippen LogP contribution in [0.15, 0.2) is 36.7 Å². The highest BCUT2D eigenvalue weighted by molar-refractivity contribution is 7.13. The Bertz CT molecular complexity index is 1470. The fourth-order valence-corrected chi connectivity index (χ4v) is 6.50. The largest absolute Gasteiger partial charge is 0.444 e. The van der Waals surface area contributed by atoms with Crippen molar-refractivity contribution in [3.63, 3.8) is 0 Å². The van der Waals surface area contributed by atoms with E-state index in [1.54, 1.807) is 4.90 Å². The summed E-state index contributed by atoms with van der Waals surface area (Å²) >= 11 is 7.91. The third kappa shape index (κ3) is 4.70. The van der Waals surface area contributed by atoms with Gasteiger partial charge in [-0.05, 0) is 87.8 Å². The van der Waals surface area contributed by atoms with Gasteiger partial charge in [-0.15, -0.1) is 10.2 Å². The van der Waals surface area contributed by atoms with E-state index in [1.807, 2.05) is 51.4 Å². The molecule has 0 bridgehead atoms. The Kier molecular flexibility index (Phi) is 6.15. The fourth-order valence-electron chi connectivity index (χ4n) is 5.48. The Labute approximate surface area is 224 Å². The van der Waals surface area contributed by atoms with Crippen LogP contribution in [-0.2, 0) is 17.8 Å². The average molecular weight is 537 g/mol. The number of amides is 1. The van der Waals surface area contributed by atoms with Gasteiger partial charge in [0.1, 0.15) is 11.4 Å². The normalized spacial score (nSPS) is 19.8. The molecule has 4 heterocycles. The van der Waals surface area contributed by atoms with Crippen LogP contribution < -0.4 is 0 Å². The van der Waals surface area contributed by atoms with Gasteiger partial charge in [-0.3, -0.25) is 14.5 Å². The number of nitrogens with zero attached hydrogens (tertiary/aromatic N) is 6. The molecule has 1 aliphatic heterocycles. The Morgan fingerprint density at radius 2 is 1.86 bits per heavy atom. The van der Waals surface area contributed by atoms with Crippen molar-refractivity contribution in [2.75, 3.05) is 0 Å². The van der Waals surface area contributed by atoms with E-state index >= 15 is 0 Å². The third-order valence-electron chi connectivity index (χ3n) is 7.16. The van der Waals surface area contributed by atoms with Crippen molar-refractivity contribution in [3.05, 3.63) is 64.6 Å². The lowest BCUT2D eigenvalue weighted by atomic mass is 9.79. The van der Waals surface area contributed by atoms with Gasteiger partial charge in [0.05, 0.1) is 29.2 Å². The number of halogens is 1. The van der Waals surface area contributed by atoms with Crippen molar-refractivity contribution in [1.82, 2.24) is 29.0 Å². The summed E-state index contributed by atoms with van der Waals surface area (Å²) in [5.74, 6) is 2.41. The molecule has 0 radical (unpaired) electrons. The second-order valence-electron chi connectivity index (χ2n) is 10.9. The first kappa shape index (κ1) is 24.3. The smallest absolute Gasteiger partial charge is 0.411 e. The molecule has 4 aromatic rings. The number of hydrogen-bond donors (Lipinski definition) is 0. The van der Waals surface area contributed by atoms with Crippen LogP contribution >= 0.6 is 23.1 Å². The molecular weight excluding hydrogens is 508 g/mol. The predicted molar refractivity (Wildman–Crippen MR) is 143 cm³/mol. The SMILES string of the molecule is CC(C)(C)OC(=O)N1Cc2cc(Cl)ccc2-n2c(nnc2[C@H]2CC[C@H](c3nsc4cnccc43)CC2)C1. The highest BCUT2D eigenvalue weighted by Crippen LogP contribution is 2.43. The van der Waals surface area contributed by atoms with E-state index in [2.05, 4.69) is 25.8 Å². The van der Waals surface area contributed by atoms with Crippen LogP contribution in [0.4, 0.5) is 4.79 Å². The van der Waals surface area contributed by atoms with Crippen molar-refractivity contribution in [3.8, 4) is 5.69 Å². The molecule has 37 heavy (non-hydrogen) atoms. The first-order chi connectivity index (χ1) is 17.8. The minimum absolute atomic E-state index is 0.278. The van der Waals surface area contributed by atoms with Crippen LogP contribution in [0.25, 0.3) is 15.8 Å². The van der Waals surface area contributed by atoms with Gasteiger partial charge in [0.25, 0.3) is 0 Å². The number of ether oxygens (including phenoxy) is 1. The van der Waals surface area contributed by atoms with E-state index in [0.717, 1.165) is 53.3 Å². The number of aromatic nitrogens is 5. The second-order valence-corrected chi connectivity index (χ2v) is 12.1. The predicted octanol–water partition coefficient (Wildman–Crippen LogP) is 6.62. The molecule has 1 fully saturated rings. The lowest BCUT2D eigenvalue weighted by Crippen LogP contribution is -2.35. The molecule has 0 N–H and O–H groups in total. The number of pyridine rings is 1. The van der Waals surface area contributed by atoms with Gasteiger partial charge in [-0.2, -0.15) is 4.37 Å². The summed E-state index contributed by atoms with van der Waals surface area (Å²) in [6.07, 6.45) is 7.48. The highest BCUT2D eigenvalue weighted by Gasteiger charge is 2.34. The van der Waals surface area contributed by atoms with Gasteiger partial charge in [-0.25, -0.2) is 4.79 Å². The van der Waals surface area contributed by atoms with E-state index in [9.17, 15) is 4.79 Å². The van der Waals surface area contributed by atoms with Crippen LogP contribution in [0.2, 0.25) is 5.02 Å². The molecule has 1 saturated carbocycles. The van der Waals surface area contributed by atoms with Crippen LogP contribution in [0, 0.1) is 0 Å². The van der Waals surface area contributed by atoms with Crippen LogP contribution in [-0.4, -0.2) is 40.7 Å². The first-order valence-corrected chi connectivity index (χ1v) is 13.8. The molecule has 3 aromatic heterocycles. The standard InChI is InChI=1S/C27H29ClN6O2S/c1-27(2,3)36-26(35)33-14-18-12-19(28)8-9-21(18)34-23(15-33)30-31-25(34)17-6-4-16(5-7-17)24-20-10-11-29-13-22(20)37-32-24/h8-13,16-17H,4-7,14-15H2,1-3H3/t16-,17-. The summed E-state index contributed by atoms with van der Waals surface area (Å²) in [5, 5.41) is 11.1. The van der Waals surface area contributed by atoms with E-state index in [0.29, 0.717) is 24.0 Å². The van der Waals surface area contributed by atoms with Crippen LogP contribution in [0.1, 0.15) is 81.2 Å². The molecule has 10 heteroatoms. The monoisotopic (exact) mass is 536 g/mol. The Balaban J connectivity index is 1.29. The van der Waals surface area contributed by atoms with Crippen LogP contribution in [0.5, 0.6) is 0 Å². The van der Waals surface area contributed by atoms with Gasteiger partial charge in [0.2, 0.25) is 0 Å². The van der Waals surface area contributed by atoms with Crippen molar-refractivity contribution < 1.29 is 9.53 Å². The number of carbonyl (C=O) groups is 1. The zero-order chi connectivity index (χ0) is 25.7. The minimum Gasteiger partial charge on any atom is -0.444 e.